The lowest BCUT2D eigenvalue weighted by molar-refractivity contribution is -0.105. The summed E-state index contributed by atoms with van der Waals surface area (Å²) >= 11 is 0. The molecule has 1 heterocycles. The van der Waals surface area contributed by atoms with Gasteiger partial charge < -0.3 is 10.6 Å². The van der Waals surface area contributed by atoms with E-state index in [-0.39, 0.29) is 5.78 Å². The Balaban J connectivity index is 2.10. The zero-order chi connectivity index (χ0) is 15.1. The van der Waals surface area contributed by atoms with Crippen LogP contribution in [0, 0.1) is 0 Å². The van der Waals surface area contributed by atoms with E-state index in [0.717, 1.165) is 12.1 Å². The number of Topliss-reactive ketones (excluding diaryl/α,β-unsaturated/α-hetero) is 1. The minimum atomic E-state index is -0.0970. The molecule has 5 nitrogen and oxygen atoms in total. The maximum atomic E-state index is 11.8. The third-order valence-electron chi connectivity index (χ3n) is 3.05. The summed E-state index contributed by atoms with van der Waals surface area (Å²) in [5.41, 5.74) is 2.70. The van der Waals surface area contributed by atoms with Crippen molar-refractivity contribution in [3.05, 3.63) is 53.9 Å². The second-order valence-corrected chi connectivity index (χ2v) is 4.54. The van der Waals surface area contributed by atoms with Crippen LogP contribution in [0.15, 0.2) is 42.6 Å². The summed E-state index contributed by atoms with van der Waals surface area (Å²) in [5.74, 6) is -0.0970. The van der Waals surface area contributed by atoms with Gasteiger partial charge in [-0.15, -0.1) is 0 Å². The van der Waals surface area contributed by atoms with Gasteiger partial charge in [-0.1, -0.05) is 12.1 Å². The third kappa shape index (κ3) is 3.89. The van der Waals surface area contributed by atoms with Gasteiger partial charge in [0.15, 0.2) is 5.78 Å². The Morgan fingerprint density at radius 1 is 1.19 bits per heavy atom. The molecule has 0 bridgehead atoms. The van der Waals surface area contributed by atoms with Crippen molar-refractivity contribution in [1.82, 2.24) is 4.98 Å². The summed E-state index contributed by atoms with van der Waals surface area (Å²) in [6.45, 7) is 2.14. The first-order valence-corrected chi connectivity index (χ1v) is 6.70. The summed E-state index contributed by atoms with van der Waals surface area (Å²) in [5, 5.41) is 5.78. The van der Waals surface area contributed by atoms with Crippen molar-refractivity contribution in [3.8, 4) is 0 Å². The van der Waals surface area contributed by atoms with Crippen molar-refractivity contribution in [2.45, 2.75) is 13.3 Å². The predicted molar refractivity (Wildman–Crippen MR) is 82.6 cm³/mol. The number of nitrogens with one attached hydrogen (secondary N) is 2. The van der Waals surface area contributed by atoms with Crippen molar-refractivity contribution in [2.75, 3.05) is 17.2 Å². The summed E-state index contributed by atoms with van der Waals surface area (Å²) in [6, 6.07) is 11.1. The number of rotatable bonds is 7. The van der Waals surface area contributed by atoms with Crippen molar-refractivity contribution in [3.63, 3.8) is 0 Å². The Bertz CT molecular complexity index is 627. The van der Waals surface area contributed by atoms with E-state index in [0.29, 0.717) is 29.9 Å². The second kappa shape index (κ2) is 7.19. The van der Waals surface area contributed by atoms with Crippen molar-refractivity contribution in [1.29, 1.82) is 0 Å². The molecule has 0 aliphatic carbocycles. The van der Waals surface area contributed by atoms with Crippen molar-refractivity contribution in [2.24, 2.45) is 0 Å². The number of aromatic nitrogens is 1. The van der Waals surface area contributed by atoms with E-state index >= 15 is 0 Å². The maximum absolute atomic E-state index is 11.8. The first kappa shape index (κ1) is 14.7. The average Bonchev–Trinajstić information content (AvgIpc) is 2.48. The summed E-state index contributed by atoms with van der Waals surface area (Å²) < 4.78 is 0. The van der Waals surface area contributed by atoms with Gasteiger partial charge in [-0.25, -0.2) is 0 Å². The molecule has 2 rings (SSSR count). The monoisotopic (exact) mass is 283 g/mol. The molecule has 0 saturated heterocycles. The number of hydrogen-bond acceptors (Lipinski definition) is 4. The molecule has 2 aromatic rings. The Morgan fingerprint density at radius 3 is 2.67 bits per heavy atom. The van der Waals surface area contributed by atoms with Crippen LogP contribution in [0.1, 0.15) is 23.0 Å². The van der Waals surface area contributed by atoms with Crippen LogP contribution < -0.4 is 10.6 Å². The molecule has 108 valence electrons. The van der Waals surface area contributed by atoms with Gasteiger partial charge in [-0.2, -0.15) is 0 Å². The topological polar surface area (TPSA) is 71.1 Å². The highest BCUT2D eigenvalue weighted by Crippen LogP contribution is 2.24. The van der Waals surface area contributed by atoms with E-state index in [4.69, 9.17) is 0 Å². The maximum Gasteiger partial charge on any atom is 0.211 e. The molecule has 0 fully saturated rings. The number of carbonyl (C=O) groups excluding carboxylic acids is 2. The Morgan fingerprint density at radius 2 is 2.00 bits per heavy atom. The van der Waals surface area contributed by atoms with Gasteiger partial charge in [-0.3, -0.25) is 14.6 Å². The highest BCUT2D eigenvalue weighted by molar-refractivity contribution is 6.06. The number of ketones is 1. The number of nitrogens with zero attached hydrogens (tertiary/aromatic N) is 1. The average molecular weight is 283 g/mol. The van der Waals surface area contributed by atoms with Gasteiger partial charge in [0.2, 0.25) is 6.41 Å². The summed E-state index contributed by atoms with van der Waals surface area (Å²) in [6.07, 6.45) is 3.08. The zero-order valence-electron chi connectivity index (χ0n) is 11.8. The number of benzene rings is 1. The van der Waals surface area contributed by atoms with Crippen LogP contribution in [0.5, 0.6) is 0 Å². The van der Waals surface area contributed by atoms with E-state index in [1.807, 2.05) is 24.3 Å². The lowest BCUT2D eigenvalue weighted by Crippen LogP contribution is -2.11. The fourth-order valence-electron chi connectivity index (χ4n) is 2.13. The smallest absolute Gasteiger partial charge is 0.211 e. The van der Waals surface area contributed by atoms with E-state index in [1.165, 1.54) is 6.92 Å². The molecule has 2 N–H and O–H groups in total. The second-order valence-electron chi connectivity index (χ2n) is 4.54. The summed E-state index contributed by atoms with van der Waals surface area (Å²) in [7, 11) is 0. The molecule has 0 spiro atoms. The molecule has 1 amide bonds. The first-order valence-electron chi connectivity index (χ1n) is 6.70. The van der Waals surface area contributed by atoms with Crippen LogP contribution in [0.3, 0.4) is 0 Å². The number of amides is 1. The molecule has 1 aromatic heterocycles. The SMILES string of the molecule is CC(=O)c1c(NC=O)cccc1NCCc1ccccn1. The molecule has 0 radical (unpaired) electrons. The molecular formula is C16H17N3O2. The molecule has 5 heteroatoms. The minimum absolute atomic E-state index is 0.0970. The molecule has 0 saturated carbocycles. The van der Waals surface area contributed by atoms with Gasteiger partial charge in [0.1, 0.15) is 0 Å². The lowest BCUT2D eigenvalue weighted by Gasteiger charge is -2.13. The van der Waals surface area contributed by atoms with E-state index in [2.05, 4.69) is 15.6 Å². The molecule has 0 aliphatic rings. The van der Waals surface area contributed by atoms with Crippen LogP contribution in [0.2, 0.25) is 0 Å². The highest BCUT2D eigenvalue weighted by atomic mass is 16.1. The molecule has 1 aromatic carbocycles. The van der Waals surface area contributed by atoms with Crippen LogP contribution in [0.25, 0.3) is 0 Å². The summed E-state index contributed by atoms with van der Waals surface area (Å²) in [4.78, 5) is 26.6. The molecule has 0 aliphatic heterocycles. The van der Waals surface area contributed by atoms with Crippen LogP contribution >= 0.6 is 0 Å². The van der Waals surface area contributed by atoms with E-state index in [1.54, 1.807) is 18.3 Å². The fourth-order valence-corrected chi connectivity index (χ4v) is 2.13. The van der Waals surface area contributed by atoms with Crippen LogP contribution in [0.4, 0.5) is 11.4 Å². The van der Waals surface area contributed by atoms with Gasteiger partial charge in [0, 0.05) is 30.5 Å². The quantitative estimate of drug-likeness (QED) is 0.605. The van der Waals surface area contributed by atoms with Crippen molar-refractivity contribution >= 4 is 23.6 Å². The molecule has 0 unspecified atom stereocenters. The largest absolute Gasteiger partial charge is 0.384 e. The number of hydrogen-bond donors (Lipinski definition) is 2. The predicted octanol–water partition coefficient (Wildman–Crippen LogP) is 2.51. The molecule has 0 atom stereocenters. The van der Waals surface area contributed by atoms with Crippen LogP contribution in [-0.2, 0) is 11.2 Å². The zero-order valence-corrected chi connectivity index (χ0v) is 11.8. The fraction of sp³-hybridized carbons (Fsp3) is 0.188. The highest BCUT2D eigenvalue weighted by Gasteiger charge is 2.12. The normalized spacial score (nSPS) is 9.95. The number of pyridine rings is 1. The van der Waals surface area contributed by atoms with Crippen LogP contribution in [-0.4, -0.2) is 23.7 Å². The van der Waals surface area contributed by atoms with Crippen molar-refractivity contribution < 1.29 is 9.59 Å². The van der Waals surface area contributed by atoms with Gasteiger partial charge in [0.05, 0.1) is 11.3 Å². The van der Waals surface area contributed by atoms with Gasteiger partial charge in [0.25, 0.3) is 0 Å². The first-order chi connectivity index (χ1) is 10.2. The van der Waals surface area contributed by atoms with Gasteiger partial charge >= 0.3 is 0 Å². The minimum Gasteiger partial charge on any atom is -0.384 e. The number of carbonyl (C=O) groups is 2. The molecule has 21 heavy (non-hydrogen) atoms. The standard InChI is InChI=1S/C16H17N3O2/c1-12(21)16-14(6-4-7-15(16)19-11-20)18-10-8-13-5-2-3-9-17-13/h2-7,9,11,18H,8,10H2,1H3,(H,19,20). The van der Waals surface area contributed by atoms with E-state index in [9.17, 15) is 9.59 Å². The lowest BCUT2D eigenvalue weighted by atomic mass is 10.1. The molecular weight excluding hydrogens is 266 g/mol. The Kier molecular flexibility index (Phi) is 5.04. The van der Waals surface area contributed by atoms with E-state index < -0.39 is 0 Å². The Hall–Kier alpha value is -2.69. The third-order valence-corrected chi connectivity index (χ3v) is 3.05. The number of anilines is 2. The van der Waals surface area contributed by atoms with Gasteiger partial charge in [-0.05, 0) is 31.2 Å². The Labute approximate surface area is 123 Å².